The second kappa shape index (κ2) is 5.59. The molecule has 1 atom stereocenters. The lowest BCUT2D eigenvalue weighted by Gasteiger charge is -2.47. The SMILES string of the molecule is CCOCC(=O)N1CC2(CC(OCC)CS2)C1. The van der Waals surface area contributed by atoms with Gasteiger partial charge in [0.05, 0.1) is 10.9 Å². The molecule has 0 aromatic carbocycles. The number of thioether (sulfide) groups is 1. The lowest BCUT2D eigenvalue weighted by Crippen LogP contribution is -2.61. The molecule has 0 aromatic heterocycles. The summed E-state index contributed by atoms with van der Waals surface area (Å²) >= 11 is 1.96. The van der Waals surface area contributed by atoms with Crippen molar-refractivity contribution in [2.24, 2.45) is 0 Å². The highest BCUT2D eigenvalue weighted by atomic mass is 32.2. The van der Waals surface area contributed by atoms with E-state index < -0.39 is 0 Å². The van der Waals surface area contributed by atoms with E-state index in [9.17, 15) is 4.79 Å². The molecule has 1 spiro atoms. The van der Waals surface area contributed by atoms with Crippen LogP contribution in [0.2, 0.25) is 0 Å². The maximum absolute atomic E-state index is 11.7. The third-order valence-electron chi connectivity index (χ3n) is 3.32. The fourth-order valence-corrected chi connectivity index (χ4v) is 4.02. The van der Waals surface area contributed by atoms with E-state index in [1.807, 2.05) is 30.5 Å². The van der Waals surface area contributed by atoms with Crippen LogP contribution in [-0.4, -0.2) is 60.3 Å². The van der Waals surface area contributed by atoms with Crippen molar-refractivity contribution in [3.63, 3.8) is 0 Å². The van der Waals surface area contributed by atoms with Crippen molar-refractivity contribution in [1.29, 1.82) is 0 Å². The molecule has 98 valence electrons. The van der Waals surface area contributed by atoms with Crippen LogP contribution in [0.3, 0.4) is 0 Å². The predicted molar refractivity (Wildman–Crippen MR) is 68.3 cm³/mol. The summed E-state index contributed by atoms with van der Waals surface area (Å²) in [5.74, 6) is 1.19. The highest BCUT2D eigenvalue weighted by molar-refractivity contribution is 8.01. The van der Waals surface area contributed by atoms with Gasteiger partial charge in [0.2, 0.25) is 5.91 Å². The molecule has 2 aliphatic heterocycles. The summed E-state index contributed by atoms with van der Waals surface area (Å²) in [5, 5.41) is 0. The van der Waals surface area contributed by atoms with Gasteiger partial charge >= 0.3 is 0 Å². The average molecular weight is 259 g/mol. The van der Waals surface area contributed by atoms with Crippen LogP contribution < -0.4 is 0 Å². The zero-order chi connectivity index (χ0) is 12.3. The molecule has 0 aliphatic carbocycles. The summed E-state index contributed by atoms with van der Waals surface area (Å²) in [6.45, 7) is 7.30. The molecule has 4 nitrogen and oxygen atoms in total. The number of hydrogen-bond acceptors (Lipinski definition) is 4. The van der Waals surface area contributed by atoms with Crippen LogP contribution in [0.4, 0.5) is 0 Å². The summed E-state index contributed by atoms with van der Waals surface area (Å²) < 4.78 is 11.1. The lowest BCUT2D eigenvalue weighted by molar-refractivity contribution is -0.141. The van der Waals surface area contributed by atoms with E-state index in [1.54, 1.807) is 0 Å². The maximum Gasteiger partial charge on any atom is 0.248 e. The van der Waals surface area contributed by atoms with E-state index in [0.29, 0.717) is 12.7 Å². The minimum Gasteiger partial charge on any atom is -0.378 e. The Hall–Kier alpha value is -0.260. The molecule has 2 saturated heterocycles. The van der Waals surface area contributed by atoms with Crippen molar-refractivity contribution in [2.45, 2.75) is 31.1 Å². The molecule has 5 heteroatoms. The Morgan fingerprint density at radius 2 is 2.18 bits per heavy atom. The van der Waals surface area contributed by atoms with Crippen molar-refractivity contribution in [3.05, 3.63) is 0 Å². The Balaban J connectivity index is 1.73. The van der Waals surface area contributed by atoms with Gasteiger partial charge in [-0.2, -0.15) is 0 Å². The second-order valence-corrected chi connectivity index (χ2v) is 6.15. The van der Waals surface area contributed by atoms with Crippen LogP contribution >= 0.6 is 11.8 Å². The van der Waals surface area contributed by atoms with Gasteiger partial charge in [0.1, 0.15) is 6.61 Å². The number of carbonyl (C=O) groups excluding carboxylic acids is 1. The van der Waals surface area contributed by atoms with E-state index >= 15 is 0 Å². The van der Waals surface area contributed by atoms with Gasteiger partial charge in [-0.15, -0.1) is 11.8 Å². The predicted octanol–water partition coefficient (Wildman–Crippen LogP) is 1.15. The molecular formula is C12H21NO3S. The van der Waals surface area contributed by atoms with Crippen molar-refractivity contribution >= 4 is 17.7 Å². The van der Waals surface area contributed by atoms with E-state index in [0.717, 1.165) is 31.9 Å². The second-order valence-electron chi connectivity index (χ2n) is 4.66. The van der Waals surface area contributed by atoms with Gasteiger partial charge in [-0.05, 0) is 20.3 Å². The van der Waals surface area contributed by atoms with Crippen molar-refractivity contribution in [2.75, 3.05) is 38.7 Å². The molecule has 1 amide bonds. The molecule has 2 heterocycles. The van der Waals surface area contributed by atoms with Gasteiger partial charge < -0.3 is 14.4 Å². The van der Waals surface area contributed by atoms with Crippen molar-refractivity contribution in [1.82, 2.24) is 4.90 Å². The summed E-state index contributed by atoms with van der Waals surface area (Å²) in [6, 6.07) is 0. The number of hydrogen-bond donors (Lipinski definition) is 0. The average Bonchev–Trinajstić information content (AvgIpc) is 2.68. The largest absolute Gasteiger partial charge is 0.378 e. The van der Waals surface area contributed by atoms with Gasteiger partial charge in [-0.1, -0.05) is 0 Å². The Labute approximate surface area is 107 Å². The van der Waals surface area contributed by atoms with Gasteiger partial charge in [0.15, 0.2) is 0 Å². The first-order valence-corrected chi connectivity index (χ1v) is 7.29. The molecular weight excluding hydrogens is 238 g/mol. The molecule has 0 aromatic rings. The molecule has 0 saturated carbocycles. The standard InChI is InChI=1S/C12H21NO3S/c1-3-15-6-11(14)13-8-12(9-13)5-10(7-17-12)16-4-2/h10H,3-9H2,1-2H3. The van der Waals surface area contributed by atoms with Crippen LogP contribution in [0.5, 0.6) is 0 Å². The zero-order valence-electron chi connectivity index (χ0n) is 10.6. The van der Waals surface area contributed by atoms with E-state index in [1.165, 1.54) is 0 Å². The molecule has 17 heavy (non-hydrogen) atoms. The van der Waals surface area contributed by atoms with Gasteiger partial charge in [-0.3, -0.25) is 4.79 Å². The summed E-state index contributed by atoms with van der Waals surface area (Å²) in [7, 11) is 0. The van der Waals surface area contributed by atoms with Gasteiger partial charge in [-0.25, -0.2) is 0 Å². The van der Waals surface area contributed by atoms with Gasteiger partial charge in [0, 0.05) is 32.1 Å². The maximum atomic E-state index is 11.7. The smallest absolute Gasteiger partial charge is 0.248 e. The van der Waals surface area contributed by atoms with Gasteiger partial charge in [0.25, 0.3) is 0 Å². The van der Waals surface area contributed by atoms with Crippen molar-refractivity contribution < 1.29 is 14.3 Å². The van der Waals surface area contributed by atoms with Crippen LogP contribution in [0, 0.1) is 0 Å². The molecule has 2 fully saturated rings. The number of ether oxygens (including phenoxy) is 2. The fraction of sp³-hybridized carbons (Fsp3) is 0.917. The third kappa shape index (κ3) is 2.95. The number of amides is 1. The number of likely N-dealkylation sites (tertiary alicyclic amines) is 1. The first kappa shape index (κ1) is 13.2. The molecule has 0 bridgehead atoms. The van der Waals surface area contributed by atoms with Crippen LogP contribution in [0.25, 0.3) is 0 Å². The van der Waals surface area contributed by atoms with E-state index in [-0.39, 0.29) is 17.3 Å². The van der Waals surface area contributed by atoms with Crippen LogP contribution in [0.1, 0.15) is 20.3 Å². The molecule has 2 rings (SSSR count). The van der Waals surface area contributed by atoms with E-state index in [4.69, 9.17) is 9.47 Å². The first-order chi connectivity index (χ1) is 8.19. The Morgan fingerprint density at radius 1 is 1.41 bits per heavy atom. The fourth-order valence-electron chi connectivity index (χ4n) is 2.47. The van der Waals surface area contributed by atoms with Crippen LogP contribution in [-0.2, 0) is 14.3 Å². The zero-order valence-corrected chi connectivity index (χ0v) is 11.4. The Morgan fingerprint density at radius 3 is 2.82 bits per heavy atom. The summed E-state index contributed by atoms with van der Waals surface area (Å²) in [5.41, 5.74) is 0. The quantitative estimate of drug-likeness (QED) is 0.742. The summed E-state index contributed by atoms with van der Waals surface area (Å²) in [4.78, 5) is 13.6. The Bertz CT molecular complexity index is 279. The minimum absolute atomic E-state index is 0.123. The lowest BCUT2D eigenvalue weighted by atomic mass is 9.93. The van der Waals surface area contributed by atoms with Crippen LogP contribution in [0.15, 0.2) is 0 Å². The third-order valence-corrected chi connectivity index (χ3v) is 4.89. The van der Waals surface area contributed by atoms with E-state index in [2.05, 4.69) is 0 Å². The highest BCUT2D eigenvalue weighted by Gasteiger charge is 2.50. The highest BCUT2D eigenvalue weighted by Crippen LogP contribution is 2.45. The first-order valence-electron chi connectivity index (χ1n) is 6.30. The molecule has 2 aliphatic rings. The van der Waals surface area contributed by atoms with Crippen molar-refractivity contribution in [3.8, 4) is 0 Å². The normalized spacial score (nSPS) is 26.2. The molecule has 1 unspecified atom stereocenters. The topological polar surface area (TPSA) is 38.8 Å². The Kier molecular flexibility index (Phi) is 4.33. The number of rotatable bonds is 5. The number of nitrogens with zero attached hydrogens (tertiary/aromatic N) is 1. The number of carbonyl (C=O) groups is 1. The minimum atomic E-state index is 0.123. The molecule has 0 N–H and O–H groups in total. The summed E-state index contributed by atoms with van der Waals surface area (Å²) in [6.07, 6.45) is 1.47. The monoisotopic (exact) mass is 259 g/mol. The molecule has 0 radical (unpaired) electrons.